The molecule has 1 aromatic rings. The molecule has 0 saturated heterocycles. The Bertz CT molecular complexity index is 400. The maximum absolute atomic E-state index is 11.7. The lowest BCUT2D eigenvalue weighted by Crippen LogP contribution is -2.35. The van der Waals surface area contributed by atoms with Gasteiger partial charge in [0.25, 0.3) is 0 Å². The van der Waals surface area contributed by atoms with Gasteiger partial charge in [-0.15, -0.1) is 0 Å². The van der Waals surface area contributed by atoms with Crippen LogP contribution in [-0.2, 0) is 23.1 Å². The Morgan fingerprint density at radius 3 is 2.71 bits per heavy atom. The number of carbonyl (C=O) groups is 2. The van der Waals surface area contributed by atoms with E-state index in [9.17, 15) is 9.59 Å². The third kappa shape index (κ3) is 4.26. The molecule has 0 saturated carbocycles. The third-order valence-corrected chi connectivity index (χ3v) is 2.45. The molecule has 0 aliphatic carbocycles. The fraction of sp³-hybridized carbons (Fsp3) is 0.545. The summed E-state index contributed by atoms with van der Waals surface area (Å²) in [5.74, 6) is -1.12. The van der Waals surface area contributed by atoms with Crippen LogP contribution in [0.3, 0.4) is 0 Å². The van der Waals surface area contributed by atoms with E-state index < -0.39 is 5.97 Å². The van der Waals surface area contributed by atoms with Crippen molar-refractivity contribution >= 4 is 11.9 Å². The van der Waals surface area contributed by atoms with Crippen molar-refractivity contribution in [3.05, 3.63) is 18.0 Å². The standard InChI is InChI=1S/C11H17N3O3/c1-3-14(8-11(16)17)10(15)5-4-9-6-12-13(2)7-9/h6-7H,3-5,8H2,1-2H3,(H,16,17). The summed E-state index contributed by atoms with van der Waals surface area (Å²) in [5.41, 5.74) is 0.979. The largest absolute Gasteiger partial charge is 0.480 e. The van der Waals surface area contributed by atoms with Gasteiger partial charge in [0.1, 0.15) is 6.54 Å². The fourth-order valence-corrected chi connectivity index (χ4v) is 1.55. The normalized spacial score (nSPS) is 10.2. The number of nitrogens with zero attached hydrogens (tertiary/aromatic N) is 3. The van der Waals surface area contributed by atoms with Crippen molar-refractivity contribution in [2.24, 2.45) is 7.05 Å². The van der Waals surface area contributed by atoms with Crippen LogP contribution in [0, 0.1) is 0 Å². The molecule has 0 unspecified atom stereocenters. The quantitative estimate of drug-likeness (QED) is 0.774. The summed E-state index contributed by atoms with van der Waals surface area (Å²) in [6.45, 7) is 1.95. The van der Waals surface area contributed by atoms with Crippen molar-refractivity contribution in [3.63, 3.8) is 0 Å². The lowest BCUT2D eigenvalue weighted by molar-refractivity contribution is -0.144. The number of hydrogen-bond donors (Lipinski definition) is 1. The number of rotatable bonds is 6. The number of likely N-dealkylation sites (N-methyl/N-ethyl adjacent to an activating group) is 1. The van der Waals surface area contributed by atoms with Crippen LogP contribution in [0.1, 0.15) is 18.9 Å². The lowest BCUT2D eigenvalue weighted by atomic mass is 10.2. The molecule has 6 heteroatoms. The van der Waals surface area contributed by atoms with E-state index >= 15 is 0 Å². The average molecular weight is 239 g/mol. The van der Waals surface area contributed by atoms with Crippen LogP contribution < -0.4 is 0 Å². The number of aromatic nitrogens is 2. The van der Waals surface area contributed by atoms with E-state index in [2.05, 4.69) is 5.10 Å². The Labute approximate surface area is 99.8 Å². The molecule has 0 aromatic carbocycles. The summed E-state index contributed by atoms with van der Waals surface area (Å²) >= 11 is 0. The molecule has 0 aliphatic heterocycles. The van der Waals surface area contributed by atoms with E-state index in [4.69, 9.17) is 5.11 Å². The second-order valence-corrected chi connectivity index (χ2v) is 3.82. The predicted molar refractivity (Wildman–Crippen MR) is 61.4 cm³/mol. The smallest absolute Gasteiger partial charge is 0.323 e. The van der Waals surface area contributed by atoms with Crippen LogP contribution in [0.4, 0.5) is 0 Å². The molecule has 0 spiro atoms. The molecular weight excluding hydrogens is 222 g/mol. The van der Waals surface area contributed by atoms with Gasteiger partial charge in [0.15, 0.2) is 0 Å². The van der Waals surface area contributed by atoms with Crippen LogP contribution in [0.25, 0.3) is 0 Å². The number of carboxylic acids is 1. The highest BCUT2D eigenvalue weighted by atomic mass is 16.4. The Kier molecular flexibility index (Phi) is 4.68. The minimum absolute atomic E-state index is 0.140. The SMILES string of the molecule is CCN(CC(=O)O)C(=O)CCc1cnn(C)c1. The summed E-state index contributed by atoms with van der Waals surface area (Å²) in [7, 11) is 1.81. The molecule has 6 nitrogen and oxygen atoms in total. The zero-order valence-electron chi connectivity index (χ0n) is 10.1. The molecule has 0 bridgehead atoms. The molecule has 0 radical (unpaired) electrons. The Morgan fingerprint density at radius 1 is 1.53 bits per heavy atom. The zero-order chi connectivity index (χ0) is 12.8. The predicted octanol–water partition coefficient (Wildman–Crippen LogP) is 0.286. The Morgan fingerprint density at radius 2 is 2.24 bits per heavy atom. The van der Waals surface area contributed by atoms with Gasteiger partial charge in [-0.2, -0.15) is 5.10 Å². The first kappa shape index (κ1) is 13.2. The minimum atomic E-state index is -0.985. The molecule has 0 fully saturated rings. The van der Waals surface area contributed by atoms with Crippen molar-refractivity contribution in [2.45, 2.75) is 19.8 Å². The molecule has 0 atom stereocenters. The maximum atomic E-state index is 11.7. The first-order chi connectivity index (χ1) is 8.02. The van der Waals surface area contributed by atoms with Crippen LogP contribution in [-0.4, -0.2) is 44.8 Å². The van der Waals surface area contributed by atoms with E-state index in [-0.39, 0.29) is 12.5 Å². The molecule has 1 aromatic heterocycles. The van der Waals surface area contributed by atoms with Crippen molar-refractivity contribution in [3.8, 4) is 0 Å². The number of aliphatic carboxylic acids is 1. The van der Waals surface area contributed by atoms with E-state index in [1.807, 2.05) is 13.2 Å². The molecule has 1 heterocycles. The third-order valence-electron chi connectivity index (χ3n) is 2.45. The van der Waals surface area contributed by atoms with Crippen molar-refractivity contribution < 1.29 is 14.7 Å². The van der Waals surface area contributed by atoms with Gasteiger partial charge in [0.2, 0.25) is 5.91 Å². The maximum Gasteiger partial charge on any atom is 0.323 e. The summed E-state index contributed by atoms with van der Waals surface area (Å²) in [6, 6.07) is 0. The first-order valence-electron chi connectivity index (χ1n) is 5.50. The fourth-order valence-electron chi connectivity index (χ4n) is 1.55. The monoisotopic (exact) mass is 239 g/mol. The van der Waals surface area contributed by atoms with Crippen molar-refractivity contribution in [1.29, 1.82) is 0 Å². The van der Waals surface area contributed by atoms with Gasteiger partial charge in [0, 0.05) is 26.2 Å². The molecular formula is C11H17N3O3. The average Bonchev–Trinajstić information content (AvgIpc) is 2.68. The van der Waals surface area contributed by atoms with Gasteiger partial charge in [0.05, 0.1) is 6.20 Å². The molecule has 17 heavy (non-hydrogen) atoms. The minimum Gasteiger partial charge on any atom is -0.480 e. The van der Waals surface area contributed by atoms with Gasteiger partial charge in [-0.25, -0.2) is 0 Å². The first-order valence-corrected chi connectivity index (χ1v) is 5.50. The molecule has 1 amide bonds. The molecule has 0 aliphatic rings. The van der Waals surface area contributed by atoms with Gasteiger partial charge >= 0.3 is 5.97 Å². The Hall–Kier alpha value is -1.85. The van der Waals surface area contributed by atoms with E-state index in [0.29, 0.717) is 19.4 Å². The molecule has 94 valence electrons. The highest BCUT2D eigenvalue weighted by Crippen LogP contribution is 2.03. The Balaban J connectivity index is 2.44. The van der Waals surface area contributed by atoms with Crippen LogP contribution in [0.5, 0.6) is 0 Å². The number of aryl methyl sites for hydroxylation is 2. The number of carboxylic acid groups (broad SMARTS) is 1. The molecule has 1 rings (SSSR count). The topological polar surface area (TPSA) is 75.4 Å². The second kappa shape index (κ2) is 6.03. The second-order valence-electron chi connectivity index (χ2n) is 3.82. The number of hydrogen-bond acceptors (Lipinski definition) is 3. The summed E-state index contributed by atoms with van der Waals surface area (Å²) in [5, 5.41) is 12.7. The van der Waals surface area contributed by atoms with E-state index in [1.165, 1.54) is 4.90 Å². The number of carbonyl (C=O) groups excluding carboxylic acids is 1. The molecule has 1 N–H and O–H groups in total. The highest BCUT2D eigenvalue weighted by molar-refractivity contribution is 5.81. The lowest BCUT2D eigenvalue weighted by Gasteiger charge is -2.18. The van der Waals surface area contributed by atoms with E-state index in [0.717, 1.165) is 5.56 Å². The van der Waals surface area contributed by atoms with Gasteiger partial charge < -0.3 is 10.0 Å². The van der Waals surface area contributed by atoms with Gasteiger partial charge in [-0.3, -0.25) is 14.3 Å². The van der Waals surface area contributed by atoms with Crippen LogP contribution >= 0.6 is 0 Å². The van der Waals surface area contributed by atoms with Gasteiger partial charge in [-0.1, -0.05) is 0 Å². The van der Waals surface area contributed by atoms with Gasteiger partial charge in [-0.05, 0) is 18.9 Å². The number of amides is 1. The summed E-state index contributed by atoms with van der Waals surface area (Å²) in [4.78, 5) is 23.6. The zero-order valence-corrected chi connectivity index (χ0v) is 10.1. The van der Waals surface area contributed by atoms with Crippen molar-refractivity contribution in [2.75, 3.05) is 13.1 Å². The summed E-state index contributed by atoms with van der Waals surface area (Å²) in [6.07, 6.45) is 4.46. The van der Waals surface area contributed by atoms with Crippen molar-refractivity contribution in [1.82, 2.24) is 14.7 Å². The highest BCUT2D eigenvalue weighted by Gasteiger charge is 2.14. The van der Waals surface area contributed by atoms with E-state index in [1.54, 1.807) is 17.8 Å². The van der Waals surface area contributed by atoms with Crippen LogP contribution in [0.15, 0.2) is 12.4 Å². The van der Waals surface area contributed by atoms with Crippen LogP contribution in [0.2, 0.25) is 0 Å². The summed E-state index contributed by atoms with van der Waals surface area (Å²) < 4.78 is 1.68.